The summed E-state index contributed by atoms with van der Waals surface area (Å²) >= 11 is 1.79. The van der Waals surface area contributed by atoms with Crippen LogP contribution in [0.2, 0.25) is 0 Å². The van der Waals surface area contributed by atoms with E-state index >= 15 is 0 Å². The predicted octanol–water partition coefficient (Wildman–Crippen LogP) is 8.09. The standard InChI is InChI=1S/C17H11N2S.C14H14N.Ir/c1-11-5-4-7-14(19-11)15-9-17-13(10-18-15)12-6-2-3-8-16(12)20-17;1-10-4-6-13(7-5-10)14-8-11(2)12(3)9-15-14;/h2-6,8-10H,1H3;4-6,8-9H,1-3H3;/q2*-1;. The average Bonchev–Trinajstić information content (AvgIpc) is 3.24. The van der Waals surface area contributed by atoms with Gasteiger partial charge in [0.05, 0.1) is 0 Å². The van der Waals surface area contributed by atoms with Crippen LogP contribution in [0.1, 0.15) is 22.4 Å². The molecule has 3 nitrogen and oxygen atoms in total. The van der Waals surface area contributed by atoms with Crippen LogP contribution >= 0.6 is 11.3 Å². The predicted molar refractivity (Wildman–Crippen MR) is 147 cm³/mol. The van der Waals surface area contributed by atoms with Gasteiger partial charge in [-0.05, 0) is 55.2 Å². The third-order valence-electron chi connectivity index (χ3n) is 5.96. The molecule has 1 radical (unpaired) electrons. The van der Waals surface area contributed by atoms with Gasteiger partial charge in [0.1, 0.15) is 0 Å². The van der Waals surface area contributed by atoms with E-state index in [4.69, 9.17) is 0 Å². The molecule has 0 spiro atoms. The molecule has 0 atom stereocenters. The summed E-state index contributed by atoms with van der Waals surface area (Å²) in [7, 11) is 0. The SMILES string of the molecule is Cc1c[c-]c(-c2cc(C)c(C)cn2)cc1.Cc1cc[c-]c(-c2cc3sc4ccccc4c3cn2)n1.[Ir]. The van der Waals surface area contributed by atoms with Gasteiger partial charge in [0.2, 0.25) is 0 Å². The van der Waals surface area contributed by atoms with Crippen LogP contribution in [0.3, 0.4) is 0 Å². The number of thiophene rings is 1. The van der Waals surface area contributed by atoms with Crippen molar-refractivity contribution in [3.8, 4) is 22.6 Å². The second-order valence-corrected chi connectivity index (χ2v) is 9.76. The molecule has 0 amide bonds. The third-order valence-corrected chi connectivity index (χ3v) is 7.09. The first-order valence-electron chi connectivity index (χ1n) is 11.5. The van der Waals surface area contributed by atoms with Gasteiger partial charge in [-0.15, -0.1) is 52.8 Å². The van der Waals surface area contributed by atoms with Gasteiger partial charge in [-0.25, -0.2) is 0 Å². The molecule has 0 unspecified atom stereocenters. The Morgan fingerprint density at radius 3 is 2.28 bits per heavy atom. The van der Waals surface area contributed by atoms with Crippen molar-refractivity contribution in [1.82, 2.24) is 15.0 Å². The van der Waals surface area contributed by atoms with Gasteiger partial charge >= 0.3 is 0 Å². The molecule has 6 aromatic rings. The Morgan fingerprint density at radius 2 is 1.53 bits per heavy atom. The van der Waals surface area contributed by atoms with Crippen molar-refractivity contribution in [2.24, 2.45) is 0 Å². The van der Waals surface area contributed by atoms with Crippen molar-refractivity contribution in [2.75, 3.05) is 0 Å². The van der Waals surface area contributed by atoms with E-state index in [1.807, 2.05) is 37.5 Å². The van der Waals surface area contributed by atoms with E-state index in [9.17, 15) is 0 Å². The molecule has 181 valence electrons. The fourth-order valence-electron chi connectivity index (χ4n) is 3.80. The Labute approximate surface area is 229 Å². The number of rotatable bonds is 2. The van der Waals surface area contributed by atoms with E-state index in [0.29, 0.717) is 0 Å². The van der Waals surface area contributed by atoms with E-state index in [1.165, 1.54) is 36.9 Å². The van der Waals surface area contributed by atoms with Crippen molar-refractivity contribution in [2.45, 2.75) is 27.7 Å². The summed E-state index contributed by atoms with van der Waals surface area (Å²) in [6.45, 7) is 8.23. The topological polar surface area (TPSA) is 38.7 Å². The minimum absolute atomic E-state index is 0. The van der Waals surface area contributed by atoms with Crippen LogP contribution in [0.25, 0.3) is 42.8 Å². The summed E-state index contributed by atoms with van der Waals surface area (Å²) in [4.78, 5) is 13.5. The maximum absolute atomic E-state index is 4.55. The van der Waals surface area contributed by atoms with Crippen LogP contribution in [-0.4, -0.2) is 15.0 Å². The van der Waals surface area contributed by atoms with E-state index in [-0.39, 0.29) is 20.1 Å². The molecule has 0 aliphatic heterocycles. The van der Waals surface area contributed by atoms with Crippen LogP contribution < -0.4 is 0 Å². The first-order valence-corrected chi connectivity index (χ1v) is 12.3. The summed E-state index contributed by atoms with van der Waals surface area (Å²) in [5.41, 5.74) is 8.46. The van der Waals surface area contributed by atoms with E-state index in [2.05, 4.69) is 96.4 Å². The maximum atomic E-state index is 4.55. The molecule has 5 heteroatoms. The summed E-state index contributed by atoms with van der Waals surface area (Å²) in [6, 6.07) is 29.0. The molecular weight excluding hydrogens is 639 g/mol. The van der Waals surface area contributed by atoms with Crippen LogP contribution in [0.15, 0.2) is 79.1 Å². The number of aromatic nitrogens is 3. The zero-order valence-electron chi connectivity index (χ0n) is 20.6. The second kappa shape index (κ2) is 11.2. The second-order valence-electron chi connectivity index (χ2n) is 8.68. The van der Waals surface area contributed by atoms with Crippen LogP contribution in [0, 0.1) is 39.8 Å². The number of hydrogen-bond donors (Lipinski definition) is 0. The van der Waals surface area contributed by atoms with Crippen molar-refractivity contribution >= 4 is 31.5 Å². The largest absolute Gasteiger partial charge is 0.317 e. The molecule has 0 saturated carbocycles. The summed E-state index contributed by atoms with van der Waals surface area (Å²) in [5.74, 6) is 0. The average molecular weight is 664 g/mol. The molecule has 6 rings (SSSR count). The van der Waals surface area contributed by atoms with Crippen LogP contribution in [0.4, 0.5) is 0 Å². The zero-order chi connectivity index (χ0) is 24.4. The molecule has 2 aromatic carbocycles. The molecule has 0 aliphatic rings. The molecule has 0 N–H and O–H groups in total. The molecule has 0 aliphatic carbocycles. The Morgan fingerprint density at radius 1 is 0.722 bits per heavy atom. The van der Waals surface area contributed by atoms with E-state index in [1.54, 1.807) is 11.3 Å². The van der Waals surface area contributed by atoms with Gasteiger partial charge in [0.25, 0.3) is 0 Å². The fraction of sp³-hybridized carbons (Fsp3) is 0.129. The van der Waals surface area contributed by atoms with Gasteiger partial charge in [0, 0.05) is 52.7 Å². The number of benzene rings is 2. The van der Waals surface area contributed by atoms with Crippen molar-refractivity contribution in [3.05, 3.63) is 114 Å². The molecule has 4 aromatic heterocycles. The Hall–Kier alpha value is -3.24. The van der Waals surface area contributed by atoms with Crippen LogP contribution in [-0.2, 0) is 20.1 Å². The van der Waals surface area contributed by atoms with Gasteiger partial charge in [-0.3, -0.25) is 4.98 Å². The molecule has 0 bridgehead atoms. The zero-order valence-corrected chi connectivity index (χ0v) is 23.8. The Bertz CT molecular complexity index is 1640. The third kappa shape index (κ3) is 5.60. The Balaban J connectivity index is 0.000000172. The molecule has 0 saturated heterocycles. The van der Waals surface area contributed by atoms with Crippen LogP contribution in [0.5, 0.6) is 0 Å². The van der Waals surface area contributed by atoms with Gasteiger partial charge in [-0.1, -0.05) is 42.8 Å². The Kier molecular flexibility index (Phi) is 8.05. The summed E-state index contributed by atoms with van der Waals surface area (Å²) < 4.78 is 2.54. The first-order chi connectivity index (χ1) is 17.0. The number of nitrogens with zero attached hydrogens (tertiary/aromatic N) is 3. The molecular formula is C31H25IrN3S-2. The van der Waals surface area contributed by atoms with Gasteiger partial charge < -0.3 is 9.97 Å². The number of fused-ring (bicyclic) bond motifs is 3. The van der Waals surface area contributed by atoms with E-state index < -0.39 is 0 Å². The quantitative estimate of drug-likeness (QED) is 0.176. The smallest absolute Gasteiger partial charge is 0.0355 e. The van der Waals surface area contributed by atoms with Crippen molar-refractivity contribution in [3.63, 3.8) is 0 Å². The van der Waals surface area contributed by atoms with Crippen molar-refractivity contribution in [1.29, 1.82) is 0 Å². The van der Waals surface area contributed by atoms with Crippen molar-refractivity contribution < 1.29 is 20.1 Å². The minimum atomic E-state index is 0. The molecule has 0 fully saturated rings. The summed E-state index contributed by atoms with van der Waals surface area (Å²) in [5, 5.41) is 2.48. The molecule has 4 heterocycles. The number of hydrogen-bond acceptors (Lipinski definition) is 4. The minimum Gasteiger partial charge on any atom is -0.317 e. The fourth-order valence-corrected chi connectivity index (χ4v) is 4.92. The van der Waals surface area contributed by atoms with Gasteiger partial charge in [0.15, 0.2) is 0 Å². The normalized spacial score (nSPS) is 10.6. The summed E-state index contributed by atoms with van der Waals surface area (Å²) in [6.07, 6.45) is 3.86. The number of pyridine rings is 3. The number of aryl methyl sites for hydroxylation is 4. The monoisotopic (exact) mass is 664 g/mol. The molecule has 36 heavy (non-hydrogen) atoms. The van der Waals surface area contributed by atoms with E-state index in [0.717, 1.165) is 28.3 Å². The first kappa shape index (κ1) is 25.8. The maximum Gasteiger partial charge on any atom is 0.0355 e. The van der Waals surface area contributed by atoms with Gasteiger partial charge in [-0.2, -0.15) is 12.1 Å².